The quantitative estimate of drug-likeness (QED) is 0.303. The Morgan fingerprint density at radius 3 is 2.33 bits per heavy atom. The Morgan fingerprint density at radius 1 is 0.975 bits per heavy atom. The molecular weight excluding hydrogens is 555 g/mol. The number of rotatable bonds is 13. The zero-order chi connectivity index (χ0) is 28.7. The van der Waals surface area contributed by atoms with E-state index in [0.29, 0.717) is 60.4 Å². The molecule has 1 N–H and O–H groups in total. The number of hydrogen-bond acceptors (Lipinski definition) is 6. The van der Waals surface area contributed by atoms with Gasteiger partial charge in [0.2, 0.25) is 11.8 Å². The molecule has 0 unspecified atom stereocenters. The van der Waals surface area contributed by atoms with E-state index >= 15 is 0 Å². The van der Waals surface area contributed by atoms with Crippen molar-refractivity contribution < 1.29 is 29.0 Å². The molecule has 1 aliphatic carbocycles. The molecule has 2 aromatic rings. The molecule has 1 saturated carbocycles. The lowest BCUT2D eigenvalue weighted by Crippen LogP contribution is -2.45. The van der Waals surface area contributed by atoms with Crippen LogP contribution >= 0.6 is 23.2 Å². The molecule has 2 fully saturated rings. The largest absolute Gasteiger partial charge is 0.493 e. The summed E-state index contributed by atoms with van der Waals surface area (Å²) in [5.41, 5.74) is 1.22. The van der Waals surface area contributed by atoms with Gasteiger partial charge in [-0.05, 0) is 54.7 Å². The molecule has 10 heteroatoms. The first-order valence-electron chi connectivity index (χ1n) is 13.7. The van der Waals surface area contributed by atoms with Crippen LogP contribution in [0.1, 0.15) is 56.1 Å². The first-order valence-corrected chi connectivity index (χ1v) is 14.5. The van der Waals surface area contributed by atoms with Gasteiger partial charge in [-0.1, -0.05) is 54.6 Å². The maximum atomic E-state index is 12.5. The molecule has 0 atom stereocenters. The summed E-state index contributed by atoms with van der Waals surface area (Å²) in [6.45, 7) is 1.99. The monoisotopic (exact) mass is 590 g/mol. The lowest BCUT2D eigenvalue weighted by Gasteiger charge is -2.38. The highest BCUT2D eigenvalue weighted by Crippen LogP contribution is 2.38. The third kappa shape index (κ3) is 7.47. The number of hydrogen-bond donors (Lipinski definition) is 1. The number of aliphatic carboxylic acids is 1. The molecule has 4 rings (SSSR count). The SMILES string of the molecule is COc1cc(CN(CCc2ccc(Cl)c(Cl)c2)CC2(C(=O)O)CCCCC2)ccc1OCCN1C(=O)CCC1=O. The number of methoxy groups -OCH3 is 1. The fourth-order valence-corrected chi connectivity index (χ4v) is 5.92. The molecule has 216 valence electrons. The summed E-state index contributed by atoms with van der Waals surface area (Å²) >= 11 is 12.3. The van der Waals surface area contributed by atoms with Crippen molar-refractivity contribution in [1.29, 1.82) is 0 Å². The van der Waals surface area contributed by atoms with Gasteiger partial charge in [-0.2, -0.15) is 0 Å². The van der Waals surface area contributed by atoms with Crippen LogP contribution in [0.4, 0.5) is 0 Å². The first-order chi connectivity index (χ1) is 19.2. The lowest BCUT2D eigenvalue weighted by molar-refractivity contribution is -0.152. The minimum Gasteiger partial charge on any atom is -0.493 e. The molecule has 0 radical (unpaired) electrons. The van der Waals surface area contributed by atoms with Gasteiger partial charge in [0.15, 0.2) is 11.5 Å². The summed E-state index contributed by atoms with van der Waals surface area (Å²) in [4.78, 5) is 39.6. The molecular formula is C30H36Cl2N2O6. The fraction of sp³-hybridized carbons (Fsp3) is 0.500. The third-order valence-corrected chi connectivity index (χ3v) is 8.59. The Bertz CT molecular complexity index is 1210. The summed E-state index contributed by atoms with van der Waals surface area (Å²) in [5, 5.41) is 11.2. The van der Waals surface area contributed by atoms with Gasteiger partial charge in [0.25, 0.3) is 0 Å². The van der Waals surface area contributed by atoms with E-state index in [2.05, 4.69) is 4.90 Å². The van der Waals surface area contributed by atoms with Crippen molar-refractivity contribution in [3.05, 3.63) is 57.6 Å². The number of carboxylic acid groups (broad SMARTS) is 1. The van der Waals surface area contributed by atoms with E-state index in [9.17, 15) is 19.5 Å². The Labute approximate surface area is 245 Å². The number of carbonyl (C=O) groups excluding carboxylic acids is 2. The fourth-order valence-electron chi connectivity index (χ4n) is 5.60. The van der Waals surface area contributed by atoms with E-state index < -0.39 is 11.4 Å². The van der Waals surface area contributed by atoms with E-state index in [1.807, 2.05) is 30.3 Å². The van der Waals surface area contributed by atoms with Gasteiger partial charge in [0.05, 0.1) is 29.1 Å². The van der Waals surface area contributed by atoms with Gasteiger partial charge in [-0.15, -0.1) is 0 Å². The number of carboxylic acids is 1. The normalized spacial score (nSPS) is 16.9. The summed E-state index contributed by atoms with van der Waals surface area (Å²) in [5.74, 6) is -0.0282. The number of carbonyl (C=O) groups is 3. The average Bonchev–Trinajstić information content (AvgIpc) is 3.26. The zero-order valence-electron chi connectivity index (χ0n) is 22.8. The average molecular weight is 592 g/mol. The van der Waals surface area contributed by atoms with Gasteiger partial charge >= 0.3 is 5.97 Å². The van der Waals surface area contributed by atoms with Crippen LogP contribution in [0.25, 0.3) is 0 Å². The molecule has 1 saturated heterocycles. The van der Waals surface area contributed by atoms with Crippen molar-refractivity contribution in [2.45, 2.75) is 57.9 Å². The third-order valence-electron chi connectivity index (χ3n) is 7.85. The number of nitrogens with zero attached hydrogens (tertiary/aromatic N) is 2. The van der Waals surface area contributed by atoms with Crippen LogP contribution in [0.5, 0.6) is 11.5 Å². The van der Waals surface area contributed by atoms with E-state index in [1.54, 1.807) is 13.2 Å². The van der Waals surface area contributed by atoms with Crippen molar-refractivity contribution in [2.24, 2.45) is 5.41 Å². The van der Waals surface area contributed by atoms with Gasteiger partial charge < -0.3 is 14.6 Å². The van der Waals surface area contributed by atoms with E-state index in [0.717, 1.165) is 30.4 Å². The standard InChI is InChI=1S/C30H36Cl2N2O6/c1-39-26-18-22(6-8-25(26)40-16-15-34-27(35)9-10-28(34)36)19-33(14-11-21-5-7-23(31)24(32)17-21)20-30(29(37)38)12-3-2-4-13-30/h5-8,17-18H,2-4,9-16,19-20H2,1H3,(H,37,38). The topological polar surface area (TPSA) is 96.4 Å². The second-order valence-corrected chi connectivity index (χ2v) is 11.4. The van der Waals surface area contributed by atoms with Crippen LogP contribution in [0, 0.1) is 5.41 Å². The van der Waals surface area contributed by atoms with Gasteiger partial charge in [0, 0.05) is 32.5 Å². The maximum absolute atomic E-state index is 12.5. The molecule has 40 heavy (non-hydrogen) atoms. The summed E-state index contributed by atoms with van der Waals surface area (Å²) in [6, 6.07) is 11.2. The summed E-state index contributed by atoms with van der Waals surface area (Å²) in [7, 11) is 1.56. The predicted molar refractivity (Wildman–Crippen MR) is 153 cm³/mol. The highest BCUT2D eigenvalue weighted by atomic mass is 35.5. The lowest BCUT2D eigenvalue weighted by atomic mass is 9.73. The number of imide groups is 1. The first kappa shape index (κ1) is 30.2. The molecule has 2 aliphatic rings. The second kappa shape index (κ2) is 13.7. The van der Waals surface area contributed by atoms with Crippen LogP contribution in [-0.4, -0.2) is 66.0 Å². The van der Waals surface area contributed by atoms with E-state index in [-0.39, 0.29) is 37.8 Å². The molecule has 0 aromatic heterocycles. The van der Waals surface area contributed by atoms with Crippen LogP contribution in [-0.2, 0) is 27.3 Å². The number of likely N-dealkylation sites (tertiary alicyclic amines) is 1. The van der Waals surface area contributed by atoms with Crippen LogP contribution in [0.3, 0.4) is 0 Å². The Balaban J connectivity index is 1.47. The van der Waals surface area contributed by atoms with Crippen molar-refractivity contribution in [2.75, 3.05) is 33.4 Å². The van der Waals surface area contributed by atoms with Crippen LogP contribution < -0.4 is 9.47 Å². The minimum absolute atomic E-state index is 0.171. The zero-order valence-corrected chi connectivity index (χ0v) is 24.3. The van der Waals surface area contributed by atoms with E-state index in [4.69, 9.17) is 32.7 Å². The summed E-state index contributed by atoms with van der Waals surface area (Å²) < 4.78 is 11.4. The number of halogens is 2. The predicted octanol–water partition coefficient (Wildman–Crippen LogP) is 5.61. The van der Waals surface area contributed by atoms with Gasteiger partial charge in [-0.25, -0.2) is 0 Å². The molecule has 0 spiro atoms. The smallest absolute Gasteiger partial charge is 0.310 e. The summed E-state index contributed by atoms with van der Waals surface area (Å²) in [6.07, 6.45) is 5.44. The van der Waals surface area contributed by atoms with Gasteiger partial charge in [-0.3, -0.25) is 24.2 Å². The molecule has 1 heterocycles. The molecule has 2 aromatic carbocycles. The number of amides is 2. The number of ether oxygens (including phenoxy) is 2. The van der Waals surface area contributed by atoms with Crippen molar-refractivity contribution in [3.63, 3.8) is 0 Å². The minimum atomic E-state index is -0.770. The van der Waals surface area contributed by atoms with Gasteiger partial charge in [0.1, 0.15) is 6.61 Å². The number of benzene rings is 2. The van der Waals surface area contributed by atoms with Crippen molar-refractivity contribution >= 4 is 41.0 Å². The van der Waals surface area contributed by atoms with Crippen LogP contribution in [0.2, 0.25) is 10.0 Å². The maximum Gasteiger partial charge on any atom is 0.310 e. The Kier molecular flexibility index (Phi) is 10.3. The second-order valence-electron chi connectivity index (χ2n) is 10.6. The molecule has 1 aliphatic heterocycles. The Morgan fingerprint density at radius 2 is 1.68 bits per heavy atom. The molecule has 0 bridgehead atoms. The van der Waals surface area contributed by atoms with Crippen molar-refractivity contribution in [3.8, 4) is 11.5 Å². The van der Waals surface area contributed by atoms with E-state index in [1.165, 1.54) is 4.90 Å². The molecule has 2 amide bonds. The highest BCUT2D eigenvalue weighted by Gasteiger charge is 2.41. The van der Waals surface area contributed by atoms with Crippen molar-refractivity contribution in [1.82, 2.24) is 9.80 Å². The van der Waals surface area contributed by atoms with Crippen LogP contribution in [0.15, 0.2) is 36.4 Å². The highest BCUT2D eigenvalue weighted by molar-refractivity contribution is 6.42. The molecule has 8 nitrogen and oxygen atoms in total. The Hall–Kier alpha value is -2.81.